The molecule has 1 saturated heterocycles. The molecule has 0 spiro atoms. The molecule has 0 bridgehead atoms. The Bertz CT molecular complexity index is 532. The van der Waals surface area contributed by atoms with E-state index in [1.807, 2.05) is 4.90 Å². The Kier molecular flexibility index (Phi) is 6.16. The second-order valence-electron chi connectivity index (χ2n) is 6.61. The molecule has 5 heteroatoms. The van der Waals surface area contributed by atoms with E-state index < -0.39 is 5.91 Å². The first-order valence-corrected chi connectivity index (χ1v) is 8.39. The molecule has 0 aromatic heterocycles. The number of carbonyl (C=O) groups is 2. The summed E-state index contributed by atoms with van der Waals surface area (Å²) in [6.45, 7) is 9.01. The fourth-order valence-corrected chi connectivity index (χ4v) is 2.86. The Hall–Kier alpha value is -1.88. The van der Waals surface area contributed by atoms with Crippen molar-refractivity contribution in [3.63, 3.8) is 0 Å². The van der Waals surface area contributed by atoms with Crippen molar-refractivity contribution in [1.29, 1.82) is 0 Å². The Morgan fingerprint density at radius 2 is 1.61 bits per heavy atom. The van der Waals surface area contributed by atoms with E-state index in [-0.39, 0.29) is 5.91 Å². The monoisotopic (exact) mass is 317 g/mol. The highest BCUT2D eigenvalue weighted by molar-refractivity contribution is 5.97. The van der Waals surface area contributed by atoms with Crippen LogP contribution in [0.1, 0.15) is 47.4 Å². The highest BCUT2D eigenvalue weighted by atomic mass is 16.2. The minimum atomic E-state index is -0.473. The quantitative estimate of drug-likeness (QED) is 0.872. The predicted molar refractivity (Wildman–Crippen MR) is 91.4 cm³/mol. The fourth-order valence-electron chi connectivity index (χ4n) is 2.86. The first-order valence-electron chi connectivity index (χ1n) is 8.39. The average Bonchev–Trinajstić information content (AvgIpc) is 2.54. The number of rotatable bonds is 6. The van der Waals surface area contributed by atoms with Crippen LogP contribution in [0, 0.1) is 5.92 Å². The van der Waals surface area contributed by atoms with Gasteiger partial charge in [0.15, 0.2) is 0 Å². The summed E-state index contributed by atoms with van der Waals surface area (Å²) in [6.07, 6.45) is 2.48. The summed E-state index contributed by atoms with van der Waals surface area (Å²) in [5.74, 6) is 0.308. The molecule has 1 aromatic rings. The van der Waals surface area contributed by atoms with E-state index in [0.29, 0.717) is 11.1 Å². The summed E-state index contributed by atoms with van der Waals surface area (Å²) in [5, 5.41) is 0. The van der Waals surface area contributed by atoms with Crippen LogP contribution in [0.4, 0.5) is 0 Å². The zero-order valence-corrected chi connectivity index (χ0v) is 14.1. The molecule has 2 rings (SSSR count). The smallest absolute Gasteiger partial charge is 0.253 e. The fraction of sp³-hybridized carbons (Fsp3) is 0.556. The van der Waals surface area contributed by atoms with E-state index in [1.54, 1.807) is 24.3 Å². The van der Waals surface area contributed by atoms with Crippen LogP contribution in [0.2, 0.25) is 0 Å². The van der Waals surface area contributed by atoms with Gasteiger partial charge in [-0.2, -0.15) is 0 Å². The molecule has 2 N–H and O–H groups in total. The van der Waals surface area contributed by atoms with Crippen LogP contribution in [0.25, 0.3) is 0 Å². The van der Waals surface area contributed by atoms with E-state index in [0.717, 1.165) is 38.6 Å². The molecule has 1 heterocycles. The number of carbonyl (C=O) groups excluding carboxylic acids is 2. The number of hydrogen-bond donors (Lipinski definition) is 1. The summed E-state index contributed by atoms with van der Waals surface area (Å²) >= 11 is 0. The Morgan fingerprint density at radius 3 is 2.13 bits per heavy atom. The van der Waals surface area contributed by atoms with Crippen LogP contribution in [0.15, 0.2) is 24.3 Å². The van der Waals surface area contributed by atoms with Gasteiger partial charge >= 0.3 is 0 Å². The van der Waals surface area contributed by atoms with Crippen molar-refractivity contribution >= 4 is 11.8 Å². The molecule has 126 valence electrons. The molecule has 0 unspecified atom stereocenters. The van der Waals surface area contributed by atoms with Gasteiger partial charge in [0.1, 0.15) is 0 Å². The summed E-state index contributed by atoms with van der Waals surface area (Å²) in [5.41, 5.74) is 6.26. The molecule has 1 aliphatic rings. The van der Waals surface area contributed by atoms with Crippen LogP contribution >= 0.6 is 0 Å². The van der Waals surface area contributed by atoms with Gasteiger partial charge in [-0.05, 0) is 49.6 Å². The first kappa shape index (κ1) is 17.5. The van der Waals surface area contributed by atoms with Crippen molar-refractivity contribution in [1.82, 2.24) is 9.80 Å². The van der Waals surface area contributed by atoms with Gasteiger partial charge in [0.25, 0.3) is 5.91 Å². The van der Waals surface area contributed by atoms with Crippen molar-refractivity contribution in [2.45, 2.75) is 26.7 Å². The van der Waals surface area contributed by atoms with Crippen LogP contribution in [-0.2, 0) is 0 Å². The lowest BCUT2D eigenvalue weighted by atomic mass is 10.1. The largest absolute Gasteiger partial charge is 0.366 e. The summed E-state index contributed by atoms with van der Waals surface area (Å²) < 4.78 is 0. The van der Waals surface area contributed by atoms with E-state index in [1.165, 1.54) is 12.8 Å². The number of nitrogens with two attached hydrogens (primary N) is 1. The van der Waals surface area contributed by atoms with E-state index in [9.17, 15) is 9.59 Å². The summed E-state index contributed by atoms with van der Waals surface area (Å²) in [4.78, 5) is 27.9. The lowest BCUT2D eigenvalue weighted by Gasteiger charge is -2.35. The predicted octanol–water partition coefficient (Wildman–Crippen LogP) is 1.98. The molecule has 5 nitrogen and oxygen atoms in total. The minimum Gasteiger partial charge on any atom is -0.366 e. The third kappa shape index (κ3) is 5.06. The summed E-state index contributed by atoms with van der Waals surface area (Å²) in [6, 6.07) is 6.57. The topological polar surface area (TPSA) is 66.6 Å². The number of benzene rings is 1. The zero-order valence-electron chi connectivity index (χ0n) is 14.1. The minimum absolute atomic E-state index is 0.0304. The molecule has 0 aliphatic carbocycles. The van der Waals surface area contributed by atoms with Crippen molar-refractivity contribution in [3.05, 3.63) is 35.4 Å². The highest BCUT2D eigenvalue weighted by Crippen LogP contribution is 2.12. The van der Waals surface area contributed by atoms with Gasteiger partial charge in [0, 0.05) is 37.3 Å². The average molecular weight is 317 g/mol. The SMILES string of the molecule is CC(C)CCCN1CCN(C(=O)c2ccc(C(N)=O)cc2)CC1. The lowest BCUT2D eigenvalue weighted by Crippen LogP contribution is -2.48. The van der Waals surface area contributed by atoms with Gasteiger partial charge in [-0.3, -0.25) is 14.5 Å². The molecule has 1 aliphatic heterocycles. The maximum absolute atomic E-state index is 12.5. The third-order valence-electron chi connectivity index (χ3n) is 4.33. The third-order valence-corrected chi connectivity index (χ3v) is 4.33. The van der Waals surface area contributed by atoms with Crippen molar-refractivity contribution in [2.24, 2.45) is 11.7 Å². The highest BCUT2D eigenvalue weighted by Gasteiger charge is 2.21. The Balaban J connectivity index is 1.82. The van der Waals surface area contributed by atoms with Crippen molar-refractivity contribution in [2.75, 3.05) is 32.7 Å². The molecular formula is C18H27N3O2. The van der Waals surface area contributed by atoms with Crippen LogP contribution in [0.5, 0.6) is 0 Å². The molecule has 1 fully saturated rings. The molecule has 23 heavy (non-hydrogen) atoms. The molecule has 2 amide bonds. The van der Waals surface area contributed by atoms with Gasteiger partial charge < -0.3 is 10.6 Å². The van der Waals surface area contributed by atoms with Crippen molar-refractivity contribution in [3.8, 4) is 0 Å². The number of piperazine rings is 1. The van der Waals surface area contributed by atoms with E-state index in [2.05, 4.69) is 18.7 Å². The van der Waals surface area contributed by atoms with Crippen molar-refractivity contribution < 1.29 is 9.59 Å². The second-order valence-corrected chi connectivity index (χ2v) is 6.61. The molecule has 0 atom stereocenters. The van der Waals surface area contributed by atoms with E-state index in [4.69, 9.17) is 5.73 Å². The molecule has 1 aromatic carbocycles. The Morgan fingerprint density at radius 1 is 1.04 bits per heavy atom. The molecule has 0 saturated carbocycles. The van der Waals surface area contributed by atoms with Gasteiger partial charge in [-0.1, -0.05) is 13.8 Å². The van der Waals surface area contributed by atoms with Crippen LogP contribution < -0.4 is 5.73 Å². The van der Waals surface area contributed by atoms with Gasteiger partial charge in [0.05, 0.1) is 0 Å². The van der Waals surface area contributed by atoms with Crippen LogP contribution in [-0.4, -0.2) is 54.3 Å². The Labute approximate surface area is 138 Å². The maximum Gasteiger partial charge on any atom is 0.253 e. The molecular weight excluding hydrogens is 290 g/mol. The van der Waals surface area contributed by atoms with Gasteiger partial charge in [0.2, 0.25) is 5.91 Å². The number of hydrogen-bond acceptors (Lipinski definition) is 3. The zero-order chi connectivity index (χ0) is 16.8. The lowest BCUT2D eigenvalue weighted by molar-refractivity contribution is 0.0634. The maximum atomic E-state index is 12.5. The first-order chi connectivity index (χ1) is 11.0. The number of amides is 2. The van der Waals surface area contributed by atoms with E-state index >= 15 is 0 Å². The number of nitrogens with zero attached hydrogens (tertiary/aromatic N) is 2. The van der Waals surface area contributed by atoms with Gasteiger partial charge in [-0.25, -0.2) is 0 Å². The number of primary amides is 1. The van der Waals surface area contributed by atoms with Crippen LogP contribution in [0.3, 0.4) is 0 Å². The second kappa shape index (κ2) is 8.11. The van der Waals surface area contributed by atoms with Gasteiger partial charge in [-0.15, -0.1) is 0 Å². The normalized spacial score (nSPS) is 15.9. The molecule has 0 radical (unpaired) electrons. The standard InChI is InChI=1S/C18H27N3O2/c1-14(2)4-3-9-20-10-12-21(13-11-20)18(23)16-7-5-15(6-8-16)17(19)22/h5-8,14H,3-4,9-13H2,1-2H3,(H2,19,22). The summed E-state index contributed by atoms with van der Waals surface area (Å²) in [7, 11) is 0.